The van der Waals surface area contributed by atoms with Crippen molar-refractivity contribution in [2.45, 2.75) is 6.42 Å². The summed E-state index contributed by atoms with van der Waals surface area (Å²) < 4.78 is 25.2. The quantitative estimate of drug-likeness (QED) is 0.864. The van der Waals surface area contributed by atoms with E-state index in [4.69, 9.17) is 0 Å². The van der Waals surface area contributed by atoms with Crippen molar-refractivity contribution < 1.29 is 13.2 Å². The Morgan fingerprint density at radius 3 is 2.61 bits per heavy atom. The van der Waals surface area contributed by atoms with Gasteiger partial charge in [0.1, 0.15) is 0 Å². The molecule has 1 aromatic heterocycles. The van der Waals surface area contributed by atoms with Crippen LogP contribution in [0.25, 0.3) is 6.08 Å². The average molecular weight is 348 g/mol. The summed E-state index contributed by atoms with van der Waals surface area (Å²) in [4.78, 5) is 11.9. The highest BCUT2D eigenvalue weighted by atomic mass is 32.2. The maximum atomic E-state index is 11.9. The van der Waals surface area contributed by atoms with Gasteiger partial charge in [0.15, 0.2) is 0 Å². The van der Waals surface area contributed by atoms with Crippen LogP contribution in [0.1, 0.15) is 12.0 Å². The van der Waals surface area contributed by atoms with Gasteiger partial charge < -0.3 is 5.32 Å². The zero-order valence-corrected chi connectivity index (χ0v) is 13.9. The number of carbonyl (C=O) groups is 1. The third kappa shape index (κ3) is 3.80. The van der Waals surface area contributed by atoms with Gasteiger partial charge in [0, 0.05) is 18.3 Å². The Kier molecular flexibility index (Phi) is 4.49. The molecule has 0 saturated carbocycles. The molecule has 1 aliphatic rings. The first-order chi connectivity index (χ1) is 11.0. The molecule has 1 amide bonds. The predicted octanol–water partition coefficient (Wildman–Crippen LogP) is 2.94. The second kappa shape index (κ2) is 6.55. The molecule has 1 fully saturated rings. The summed E-state index contributed by atoms with van der Waals surface area (Å²) in [6.45, 7) is 0.511. The van der Waals surface area contributed by atoms with Gasteiger partial charge in [-0.15, -0.1) is 0 Å². The number of amides is 1. The Bertz CT molecular complexity index is 810. The summed E-state index contributed by atoms with van der Waals surface area (Å²) in [6, 6.07) is 8.76. The van der Waals surface area contributed by atoms with E-state index in [0.29, 0.717) is 24.3 Å². The molecule has 0 unspecified atom stereocenters. The second-order valence-electron chi connectivity index (χ2n) is 5.17. The average Bonchev–Trinajstić information content (AvgIpc) is 3.15. The van der Waals surface area contributed by atoms with Gasteiger partial charge in [0.05, 0.1) is 11.4 Å². The zero-order chi connectivity index (χ0) is 16.3. The Labute approximate surface area is 139 Å². The zero-order valence-electron chi connectivity index (χ0n) is 12.3. The molecule has 1 N–H and O–H groups in total. The summed E-state index contributed by atoms with van der Waals surface area (Å²) in [6.07, 6.45) is 3.87. The second-order valence-corrected chi connectivity index (χ2v) is 7.96. The minimum atomic E-state index is -3.17. The van der Waals surface area contributed by atoms with E-state index in [1.165, 1.54) is 10.4 Å². The van der Waals surface area contributed by atoms with Crippen LogP contribution in [0.3, 0.4) is 0 Å². The summed E-state index contributed by atoms with van der Waals surface area (Å²) in [5, 5.41) is 6.65. The van der Waals surface area contributed by atoms with Crippen LogP contribution in [-0.2, 0) is 14.8 Å². The molecular formula is C16H16N2O3S2. The van der Waals surface area contributed by atoms with Gasteiger partial charge in [-0.25, -0.2) is 8.42 Å². The standard InChI is InChI=1S/C16H16N2O3S2/c19-16(7-2-13-8-10-22-12-13)17-14-3-5-15(6-4-14)18-9-1-11-23(18,20)21/h2-8,10,12H,1,9,11H2,(H,17,19)/b7-2+. The lowest BCUT2D eigenvalue weighted by molar-refractivity contribution is -0.111. The minimum Gasteiger partial charge on any atom is -0.323 e. The van der Waals surface area contributed by atoms with Crippen molar-refractivity contribution in [3.8, 4) is 0 Å². The molecule has 0 bridgehead atoms. The van der Waals surface area contributed by atoms with Crippen molar-refractivity contribution in [1.82, 2.24) is 0 Å². The fourth-order valence-electron chi connectivity index (χ4n) is 2.37. The lowest BCUT2D eigenvalue weighted by Gasteiger charge is -2.17. The fraction of sp³-hybridized carbons (Fsp3) is 0.188. The third-order valence-electron chi connectivity index (χ3n) is 3.49. The first-order valence-electron chi connectivity index (χ1n) is 7.16. The van der Waals surface area contributed by atoms with Crippen LogP contribution in [0.15, 0.2) is 47.2 Å². The summed E-state index contributed by atoms with van der Waals surface area (Å²) in [5.74, 6) is -0.0310. The van der Waals surface area contributed by atoms with Crippen molar-refractivity contribution in [1.29, 1.82) is 0 Å². The van der Waals surface area contributed by atoms with E-state index >= 15 is 0 Å². The third-order valence-corrected chi connectivity index (χ3v) is 6.06. The number of thiophene rings is 1. The molecule has 3 rings (SSSR count). The molecule has 5 nitrogen and oxygen atoms in total. The van der Waals surface area contributed by atoms with Crippen LogP contribution < -0.4 is 9.62 Å². The molecule has 1 aromatic carbocycles. The SMILES string of the molecule is O=C(/C=C/c1ccsc1)Nc1ccc(N2CCCS2(=O)=O)cc1. The number of carbonyl (C=O) groups excluding carboxylic acids is 1. The Morgan fingerprint density at radius 1 is 1.22 bits per heavy atom. The topological polar surface area (TPSA) is 66.5 Å². The Hall–Kier alpha value is -2.12. The molecule has 0 atom stereocenters. The van der Waals surface area contributed by atoms with Crippen molar-refractivity contribution in [2.75, 3.05) is 21.9 Å². The molecule has 1 saturated heterocycles. The van der Waals surface area contributed by atoms with E-state index < -0.39 is 10.0 Å². The number of sulfonamides is 1. The summed E-state index contributed by atoms with van der Waals surface area (Å²) in [5.41, 5.74) is 2.25. The van der Waals surface area contributed by atoms with E-state index in [1.807, 2.05) is 16.8 Å². The van der Waals surface area contributed by atoms with E-state index in [-0.39, 0.29) is 11.7 Å². The number of nitrogens with one attached hydrogen (secondary N) is 1. The maximum Gasteiger partial charge on any atom is 0.248 e. The van der Waals surface area contributed by atoms with Crippen LogP contribution in [0, 0.1) is 0 Å². The number of benzene rings is 1. The van der Waals surface area contributed by atoms with Crippen molar-refractivity contribution in [3.63, 3.8) is 0 Å². The number of hydrogen-bond donors (Lipinski definition) is 1. The van der Waals surface area contributed by atoms with Crippen LogP contribution in [0.5, 0.6) is 0 Å². The highest BCUT2D eigenvalue weighted by Crippen LogP contribution is 2.25. The number of hydrogen-bond acceptors (Lipinski definition) is 4. The molecule has 0 spiro atoms. The number of nitrogens with zero attached hydrogens (tertiary/aromatic N) is 1. The van der Waals surface area contributed by atoms with Crippen LogP contribution in [0.4, 0.5) is 11.4 Å². The smallest absolute Gasteiger partial charge is 0.248 e. The molecule has 0 radical (unpaired) electrons. The first kappa shape index (κ1) is 15.8. The lowest BCUT2D eigenvalue weighted by atomic mass is 10.2. The molecule has 7 heteroatoms. The van der Waals surface area contributed by atoms with Gasteiger partial charge in [0.2, 0.25) is 15.9 Å². The summed E-state index contributed by atoms with van der Waals surface area (Å²) >= 11 is 1.57. The van der Waals surface area contributed by atoms with Gasteiger partial charge >= 0.3 is 0 Å². The maximum absolute atomic E-state index is 11.9. The molecule has 1 aliphatic heterocycles. The Morgan fingerprint density at radius 2 is 2.00 bits per heavy atom. The molecule has 120 valence electrons. The predicted molar refractivity (Wildman–Crippen MR) is 94.2 cm³/mol. The van der Waals surface area contributed by atoms with Gasteiger partial charge in [0.25, 0.3) is 0 Å². The van der Waals surface area contributed by atoms with Crippen molar-refractivity contribution in [2.24, 2.45) is 0 Å². The normalized spacial score (nSPS) is 16.8. The Balaban J connectivity index is 1.65. The van der Waals surface area contributed by atoms with E-state index in [9.17, 15) is 13.2 Å². The summed E-state index contributed by atoms with van der Waals surface area (Å²) in [7, 11) is -3.17. The van der Waals surface area contributed by atoms with Gasteiger partial charge in [-0.3, -0.25) is 9.10 Å². The molecule has 0 aliphatic carbocycles. The largest absolute Gasteiger partial charge is 0.323 e. The lowest BCUT2D eigenvalue weighted by Crippen LogP contribution is -2.24. The molecule has 2 heterocycles. The van der Waals surface area contributed by atoms with Crippen LogP contribution in [-0.4, -0.2) is 26.6 Å². The van der Waals surface area contributed by atoms with Crippen molar-refractivity contribution >= 4 is 44.7 Å². The van der Waals surface area contributed by atoms with Crippen LogP contribution >= 0.6 is 11.3 Å². The number of anilines is 2. The number of rotatable bonds is 4. The molecule has 23 heavy (non-hydrogen) atoms. The monoisotopic (exact) mass is 348 g/mol. The van der Waals surface area contributed by atoms with Crippen molar-refractivity contribution in [3.05, 3.63) is 52.7 Å². The van der Waals surface area contributed by atoms with E-state index in [2.05, 4.69) is 5.32 Å². The fourth-order valence-corrected chi connectivity index (χ4v) is 4.56. The van der Waals surface area contributed by atoms with E-state index in [1.54, 1.807) is 41.7 Å². The van der Waals surface area contributed by atoms with Gasteiger partial charge in [-0.05, 0) is 59.2 Å². The highest BCUT2D eigenvalue weighted by Gasteiger charge is 2.28. The van der Waals surface area contributed by atoms with Gasteiger partial charge in [-0.2, -0.15) is 11.3 Å². The van der Waals surface area contributed by atoms with Crippen LogP contribution in [0.2, 0.25) is 0 Å². The molecule has 2 aromatic rings. The van der Waals surface area contributed by atoms with Gasteiger partial charge in [-0.1, -0.05) is 0 Å². The first-order valence-corrected chi connectivity index (χ1v) is 9.71. The molecular weight excluding hydrogens is 332 g/mol. The highest BCUT2D eigenvalue weighted by molar-refractivity contribution is 7.93. The van der Waals surface area contributed by atoms with E-state index in [0.717, 1.165) is 5.56 Å². The minimum absolute atomic E-state index is 0.193.